The maximum Gasteiger partial charge on any atom is 0.240 e. The molecule has 2 heterocycles. The summed E-state index contributed by atoms with van der Waals surface area (Å²) in [4.78, 5) is 0.205. The minimum atomic E-state index is -3.61. The highest BCUT2D eigenvalue weighted by Crippen LogP contribution is 2.31. The van der Waals surface area contributed by atoms with E-state index in [9.17, 15) is 8.42 Å². The second-order valence-electron chi connectivity index (χ2n) is 7.09. The maximum atomic E-state index is 12.4. The number of benzene rings is 2. The van der Waals surface area contributed by atoms with Crippen molar-refractivity contribution in [3.8, 4) is 28.8 Å². The Morgan fingerprint density at radius 2 is 1.70 bits per heavy atom. The Balaban J connectivity index is 1.46. The fraction of sp³-hybridized carbons (Fsp3) is 0.227. The maximum absolute atomic E-state index is 12.4. The standard InChI is InChI=1S/C22H23N5O5S/c1-15-4-7-17(8-5-15)33(28,29)23-12-13-32-21-11-10-20-24-25-22(27(20)26-21)16-6-9-18(30-2)19(14-16)31-3/h4-11,14,23H,12-13H2,1-3H3. The van der Waals surface area contributed by atoms with Crippen LogP contribution in [0.3, 0.4) is 0 Å². The number of methoxy groups -OCH3 is 2. The van der Waals surface area contributed by atoms with Gasteiger partial charge < -0.3 is 14.2 Å². The number of rotatable bonds is 9. The summed E-state index contributed by atoms with van der Waals surface area (Å²) in [6.07, 6.45) is 0. The Morgan fingerprint density at radius 3 is 2.42 bits per heavy atom. The first-order valence-electron chi connectivity index (χ1n) is 10.1. The van der Waals surface area contributed by atoms with Gasteiger partial charge in [0, 0.05) is 18.2 Å². The summed E-state index contributed by atoms with van der Waals surface area (Å²) < 4.78 is 45.1. The number of sulfonamides is 1. The highest BCUT2D eigenvalue weighted by atomic mass is 32.2. The highest BCUT2D eigenvalue weighted by molar-refractivity contribution is 7.89. The molecule has 0 aliphatic carbocycles. The molecule has 2 aromatic heterocycles. The lowest BCUT2D eigenvalue weighted by molar-refractivity contribution is 0.306. The highest BCUT2D eigenvalue weighted by Gasteiger charge is 2.15. The molecule has 10 nitrogen and oxygen atoms in total. The van der Waals surface area contributed by atoms with Crippen molar-refractivity contribution in [2.24, 2.45) is 0 Å². The van der Waals surface area contributed by atoms with Gasteiger partial charge in [0.25, 0.3) is 0 Å². The van der Waals surface area contributed by atoms with E-state index >= 15 is 0 Å². The first-order chi connectivity index (χ1) is 15.9. The fourth-order valence-electron chi connectivity index (χ4n) is 3.14. The van der Waals surface area contributed by atoms with E-state index in [1.807, 2.05) is 13.0 Å². The minimum Gasteiger partial charge on any atom is -0.493 e. The number of hydrogen-bond donors (Lipinski definition) is 1. The van der Waals surface area contributed by atoms with Crippen molar-refractivity contribution in [3.63, 3.8) is 0 Å². The van der Waals surface area contributed by atoms with E-state index in [-0.39, 0.29) is 18.0 Å². The van der Waals surface area contributed by atoms with Crippen molar-refractivity contribution in [2.45, 2.75) is 11.8 Å². The van der Waals surface area contributed by atoms with Crippen LogP contribution in [0.1, 0.15) is 5.56 Å². The Morgan fingerprint density at radius 1 is 0.939 bits per heavy atom. The van der Waals surface area contributed by atoms with Gasteiger partial charge in [-0.1, -0.05) is 17.7 Å². The predicted octanol–water partition coefficient (Wildman–Crippen LogP) is 2.47. The van der Waals surface area contributed by atoms with Crippen molar-refractivity contribution >= 4 is 15.7 Å². The smallest absolute Gasteiger partial charge is 0.240 e. The molecule has 0 aliphatic rings. The summed E-state index contributed by atoms with van der Waals surface area (Å²) in [5.74, 6) is 1.95. The predicted molar refractivity (Wildman–Crippen MR) is 121 cm³/mol. The summed E-state index contributed by atoms with van der Waals surface area (Å²) in [6.45, 7) is 2.08. The quantitative estimate of drug-likeness (QED) is 0.372. The third kappa shape index (κ3) is 4.89. The molecule has 1 N–H and O–H groups in total. The number of nitrogens with zero attached hydrogens (tertiary/aromatic N) is 4. The monoisotopic (exact) mass is 469 g/mol. The molecular weight excluding hydrogens is 446 g/mol. The second kappa shape index (κ2) is 9.43. The van der Waals surface area contributed by atoms with Gasteiger partial charge in [0.1, 0.15) is 6.61 Å². The van der Waals surface area contributed by atoms with E-state index in [2.05, 4.69) is 20.0 Å². The molecule has 0 fully saturated rings. The molecule has 0 bridgehead atoms. The van der Waals surface area contributed by atoms with Gasteiger partial charge in [0.05, 0.1) is 19.1 Å². The van der Waals surface area contributed by atoms with Gasteiger partial charge >= 0.3 is 0 Å². The van der Waals surface area contributed by atoms with E-state index < -0.39 is 10.0 Å². The van der Waals surface area contributed by atoms with E-state index in [1.165, 1.54) is 0 Å². The van der Waals surface area contributed by atoms with E-state index in [0.29, 0.717) is 28.9 Å². The molecule has 0 amide bonds. The summed E-state index contributed by atoms with van der Waals surface area (Å²) in [5, 5.41) is 12.8. The van der Waals surface area contributed by atoms with Gasteiger partial charge in [-0.05, 0) is 43.3 Å². The van der Waals surface area contributed by atoms with E-state index in [1.54, 1.807) is 67.3 Å². The minimum absolute atomic E-state index is 0.0840. The third-order valence-electron chi connectivity index (χ3n) is 4.86. The largest absolute Gasteiger partial charge is 0.493 e. The molecule has 0 saturated heterocycles. The number of hydrogen-bond acceptors (Lipinski definition) is 8. The van der Waals surface area contributed by atoms with E-state index in [0.717, 1.165) is 11.1 Å². The molecule has 0 radical (unpaired) electrons. The molecule has 0 spiro atoms. The molecule has 0 saturated carbocycles. The van der Waals surface area contributed by atoms with Gasteiger partial charge in [0.2, 0.25) is 15.9 Å². The summed E-state index contributed by atoms with van der Waals surface area (Å²) in [6, 6.07) is 15.4. The molecule has 0 unspecified atom stereocenters. The molecule has 4 rings (SSSR count). The van der Waals surface area contributed by atoms with Crippen LogP contribution in [0.25, 0.3) is 17.0 Å². The van der Waals surface area contributed by atoms with Gasteiger partial charge in [-0.25, -0.2) is 13.1 Å². The van der Waals surface area contributed by atoms with Crippen molar-refractivity contribution in [2.75, 3.05) is 27.4 Å². The third-order valence-corrected chi connectivity index (χ3v) is 6.33. The van der Waals surface area contributed by atoms with Crippen molar-refractivity contribution in [1.82, 2.24) is 24.5 Å². The number of aromatic nitrogens is 4. The van der Waals surface area contributed by atoms with Crippen LogP contribution in [0, 0.1) is 6.92 Å². The summed E-state index contributed by atoms with van der Waals surface area (Å²) in [5.41, 5.74) is 2.25. The van der Waals surface area contributed by atoms with Crippen molar-refractivity contribution < 1.29 is 22.6 Å². The second-order valence-corrected chi connectivity index (χ2v) is 8.86. The van der Waals surface area contributed by atoms with Gasteiger partial charge in [-0.2, -0.15) is 4.52 Å². The van der Waals surface area contributed by atoms with Gasteiger partial charge in [-0.15, -0.1) is 15.3 Å². The lowest BCUT2D eigenvalue weighted by Crippen LogP contribution is -2.28. The Hall–Kier alpha value is -3.70. The first kappa shape index (κ1) is 22.5. The molecule has 0 atom stereocenters. The van der Waals surface area contributed by atoms with Crippen LogP contribution in [-0.4, -0.2) is 55.6 Å². The van der Waals surface area contributed by atoms with Gasteiger partial charge in [-0.3, -0.25) is 0 Å². The van der Waals surface area contributed by atoms with Crippen molar-refractivity contribution in [1.29, 1.82) is 0 Å². The normalized spacial score (nSPS) is 11.5. The Bertz CT molecular complexity index is 1370. The molecule has 172 valence electrons. The number of fused-ring (bicyclic) bond motifs is 1. The topological polar surface area (TPSA) is 117 Å². The molecule has 4 aromatic rings. The van der Waals surface area contributed by atoms with Crippen LogP contribution in [0.2, 0.25) is 0 Å². The zero-order chi connectivity index (χ0) is 23.4. The molecular formula is C22H23N5O5S. The van der Waals surface area contributed by atoms with Crippen LogP contribution >= 0.6 is 0 Å². The molecule has 0 aliphatic heterocycles. The van der Waals surface area contributed by atoms with E-state index in [4.69, 9.17) is 14.2 Å². The zero-order valence-corrected chi connectivity index (χ0v) is 19.2. The summed E-state index contributed by atoms with van der Waals surface area (Å²) in [7, 11) is -0.488. The first-order valence-corrected chi connectivity index (χ1v) is 11.5. The SMILES string of the molecule is COc1ccc(-c2nnc3ccc(OCCNS(=O)(=O)c4ccc(C)cc4)nn23)cc1OC. The number of ether oxygens (including phenoxy) is 3. The molecule has 33 heavy (non-hydrogen) atoms. The zero-order valence-electron chi connectivity index (χ0n) is 18.3. The summed E-state index contributed by atoms with van der Waals surface area (Å²) >= 11 is 0. The fourth-order valence-corrected chi connectivity index (χ4v) is 4.15. The van der Waals surface area contributed by atoms with Crippen molar-refractivity contribution in [3.05, 3.63) is 60.2 Å². The molecule has 11 heteroatoms. The van der Waals surface area contributed by atoms with Crippen LogP contribution in [0.4, 0.5) is 0 Å². The van der Waals surface area contributed by atoms with Crippen LogP contribution in [-0.2, 0) is 10.0 Å². The Labute approximate surface area is 191 Å². The van der Waals surface area contributed by atoms with Crippen LogP contribution in [0.5, 0.6) is 17.4 Å². The average Bonchev–Trinajstić information content (AvgIpc) is 3.25. The Kier molecular flexibility index (Phi) is 6.43. The number of aryl methyl sites for hydroxylation is 1. The van der Waals surface area contributed by atoms with Crippen LogP contribution < -0.4 is 18.9 Å². The van der Waals surface area contributed by atoms with Gasteiger partial charge in [0.15, 0.2) is 23.0 Å². The lowest BCUT2D eigenvalue weighted by atomic mass is 10.2. The number of nitrogens with one attached hydrogen (secondary N) is 1. The average molecular weight is 470 g/mol. The molecule has 2 aromatic carbocycles. The lowest BCUT2D eigenvalue weighted by Gasteiger charge is -2.10. The van der Waals surface area contributed by atoms with Crippen LogP contribution in [0.15, 0.2) is 59.5 Å².